The number of fused-ring (bicyclic) bond motifs is 2. The molecule has 1 unspecified atom stereocenters. The predicted octanol–water partition coefficient (Wildman–Crippen LogP) is 7.25. The summed E-state index contributed by atoms with van der Waals surface area (Å²) in [6.45, 7) is 2.23. The lowest BCUT2D eigenvalue weighted by molar-refractivity contribution is 0.539. The van der Waals surface area contributed by atoms with Crippen LogP contribution in [0.15, 0.2) is 48.5 Å². The van der Waals surface area contributed by atoms with Gasteiger partial charge in [0, 0.05) is 5.39 Å². The number of rotatable bonds is 6. The van der Waals surface area contributed by atoms with E-state index in [4.69, 9.17) is 5.26 Å². The number of aryl methyl sites for hydroxylation is 2. The molecule has 0 aliphatic heterocycles. The van der Waals surface area contributed by atoms with Crippen LogP contribution in [0, 0.1) is 17.1 Å². The van der Waals surface area contributed by atoms with E-state index in [2.05, 4.69) is 31.2 Å². The van der Waals surface area contributed by atoms with Gasteiger partial charge in [0.25, 0.3) is 0 Å². The zero-order chi connectivity index (χ0) is 20.2. The standard InChI is InChI=1S/C27H28FN/c1-2-3-4-5-6-19-8-13-25-23(15-19)12-14-26(27(25)28)24-11-10-21-16-20(18-29)7-9-22(21)17-24/h7-9,12-16,24H,2-6,10-11,17H2,1H3. The maximum absolute atomic E-state index is 15.4. The van der Waals surface area contributed by atoms with Crippen LogP contribution in [-0.4, -0.2) is 0 Å². The minimum atomic E-state index is -0.0536. The van der Waals surface area contributed by atoms with Crippen molar-refractivity contribution in [2.45, 2.75) is 64.2 Å². The molecule has 0 spiro atoms. The van der Waals surface area contributed by atoms with E-state index in [1.807, 2.05) is 30.3 Å². The number of hydrogen-bond donors (Lipinski definition) is 0. The Labute approximate surface area is 173 Å². The Hall–Kier alpha value is -2.66. The third-order valence-corrected chi connectivity index (χ3v) is 6.37. The van der Waals surface area contributed by atoms with Gasteiger partial charge < -0.3 is 0 Å². The third kappa shape index (κ3) is 4.20. The van der Waals surface area contributed by atoms with Crippen molar-refractivity contribution >= 4 is 10.8 Å². The average Bonchev–Trinajstić information content (AvgIpc) is 2.76. The van der Waals surface area contributed by atoms with Crippen LogP contribution in [0.3, 0.4) is 0 Å². The van der Waals surface area contributed by atoms with Crippen molar-refractivity contribution in [3.05, 3.63) is 82.2 Å². The summed E-state index contributed by atoms with van der Waals surface area (Å²) in [5.74, 6) is 0.149. The van der Waals surface area contributed by atoms with Crippen molar-refractivity contribution in [2.75, 3.05) is 0 Å². The van der Waals surface area contributed by atoms with E-state index >= 15 is 4.39 Å². The minimum absolute atomic E-state index is 0.0536. The highest BCUT2D eigenvalue weighted by molar-refractivity contribution is 5.84. The van der Waals surface area contributed by atoms with Crippen molar-refractivity contribution in [2.24, 2.45) is 0 Å². The number of nitrogens with zero attached hydrogens (tertiary/aromatic N) is 1. The van der Waals surface area contributed by atoms with E-state index in [1.54, 1.807) is 0 Å². The first-order valence-corrected chi connectivity index (χ1v) is 10.9. The second-order valence-electron chi connectivity index (χ2n) is 8.37. The van der Waals surface area contributed by atoms with E-state index in [0.717, 1.165) is 42.0 Å². The number of hydrogen-bond acceptors (Lipinski definition) is 1. The fraction of sp³-hybridized carbons (Fsp3) is 0.370. The number of nitriles is 1. The van der Waals surface area contributed by atoms with E-state index in [9.17, 15) is 0 Å². The fourth-order valence-corrected chi connectivity index (χ4v) is 4.67. The largest absolute Gasteiger partial charge is 0.206 e. The molecule has 0 saturated carbocycles. The summed E-state index contributed by atoms with van der Waals surface area (Å²) in [4.78, 5) is 0. The number of benzene rings is 3. The molecule has 4 rings (SSSR count). The molecule has 0 amide bonds. The molecular weight excluding hydrogens is 357 g/mol. The molecule has 3 aromatic carbocycles. The summed E-state index contributed by atoms with van der Waals surface area (Å²) >= 11 is 0. The Morgan fingerprint density at radius 3 is 2.72 bits per heavy atom. The molecule has 0 heterocycles. The van der Waals surface area contributed by atoms with Crippen molar-refractivity contribution in [3.8, 4) is 6.07 Å². The van der Waals surface area contributed by atoms with Gasteiger partial charge in [-0.15, -0.1) is 0 Å². The molecule has 148 valence electrons. The van der Waals surface area contributed by atoms with Crippen molar-refractivity contribution < 1.29 is 4.39 Å². The summed E-state index contributed by atoms with van der Waals surface area (Å²) in [5.41, 5.74) is 5.35. The zero-order valence-electron chi connectivity index (χ0n) is 17.2. The third-order valence-electron chi connectivity index (χ3n) is 6.37. The Balaban J connectivity index is 1.55. The topological polar surface area (TPSA) is 23.8 Å². The van der Waals surface area contributed by atoms with Gasteiger partial charge in [-0.05, 0) is 77.8 Å². The molecule has 1 atom stereocenters. The normalized spacial score (nSPS) is 15.8. The van der Waals surface area contributed by atoms with Crippen LogP contribution in [0.1, 0.15) is 72.8 Å². The lowest BCUT2D eigenvalue weighted by atomic mass is 9.79. The first-order valence-electron chi connectivity index (χ1n) is 10.9. The summed E-state index contributed by atoms with van der Waals surface area (Å²) < 4.78 is 15.4. The molecule has 0 bridgehead atoms. The molecule has 0 N–H and O–H groups in total. The molecule has 1 aliphatic rings. The second kappa shape index (κ2) is 8.78. The van der Waals surface area contributed by atoms with Crippen LogP contribution in [0.2, 0.25) is 0 Å². The Bertz CT molecular complexity index is 1060. The van der Waals surface area contributed by atoms with Crippen LogP contribution in [0.5, 0.6) is 0 Å². The molecule has 3 aromatic rings. The first kappa shape index (κ1) is 19.6. The first-order chi connectivity index (χ1) is 14.2. The summed E-state index contributed by atoms with van der Waals surface area (Å²) in [6, 6.07) is 18.4. The second-order valence-corrected chi connectivity index (χ2v) is 8.37. The molecule has 1 nitrogen and oxygen atoms in total. The Morgan fingerprint density at radius 1 is 1.00 bits per heavy atom. The van der Waals surface area contributed by atoms with Crippen LogP contribution in [0.25, 0.3) is 10.8 Å². The van der Waals surface area contributed by atoms with E-state index in [-0.39, 0.29) is 11.7 Å². The molecule has 0 fully saturated rings. The van der Waals surface area contributed by atoms with Crippen molar-refractivity contribution in [1.29, 1.82) is 5.26 Å². The van der Waals surface area contributed by atoms with Gasteiger partial charge in [-0.2, -0.15) is 5.26 Å². The molecule has 29 heavy (non-hydrogen) atoms. The van der Waals surface area contributed by atoms with Gasteiger partial charge in [0.05, 0.1) is 11.6 Å². The fourth-order valence-electron chi connectivity index (χ4n) is 4.67. The van der Waals surface area contributed by atoms with Gasteiger partial charge in [-0.3, -0.25) is 0 Å². The minimum Gasteiger partial charge on any atom is -0.206 e. The van der Waals surface area contributed by atoms with Crippen LogP contribution in [-0.2, 0) is 19.3 Å². The van der Waals surface area contributed by atoms with Gasteiger partial charge in [0.2, 0.25) is 0 Å². The van der Waals surface area contributed by atoms with Crippen LogP contribution >= 0.6 is 0 Å². The highest BCUT2D eigenvalue weighted by Gasteiger charge is 2.23. The summed E-state index contributed by atoms with van der Waals surface area (Å²) in [5, 5.41) is 10.8. The molecule has 1 aliphatic carbocycles. The monoisotopic (exact) mass is 385 g/mol. The van der Waals surface area contributed by atoms with Gasteiger partial charge in [-0.25, -0.2) is 4.39 Å². The predicted molar refractivity (Wildman–Crippen MR) is 118 cm³/mol. The van der Waals surface area contributed by atoms with Crippen molar-refractivity contribution in [3.63, 3.8) is 0 Å². The molecular formula is C27H28FN. The Morgan fingerprint density at radius 2 is 1.90 bits per heavy atom. The maximum atomic E-state index is 15.4. The molecule has 0 radical (unpaired) electrons. The van der Waals surface area contributed by atoms with Gasteiger partial charge >= 0.3 is 0 Å². The average molecular weight is 386 g/mol. The van der Waals surface area contributed by atoms with Crippen LogP contribution in [0.4, 0.5) is 4.39 Å². The molecule has 2 heteroatoms. The van der Waals surface area contributed by atoms with E-state index in [1.165, 1.54) is 42.4 Å². The van der Waals surface area contributed by atoms with E-state index < -0.39 is 0 Å². The zero-order valence-corrected chi connectivity index (χ0v) is 17.2. The van der Waals surface area contributed by atoms with Crippen molar-refractivity contribution in [1.82, 2.24) is 0 Å². The SMILES string of the molecule is CCCCCCc1ccc2c(F)c(C3CCc4cc(C#N)ccc4C3)ccc2c1. The Kier molecular flexibility index (Phi) is 5.95. The summed E-state index contributed by atoms with van der Waals surface area (Å²) in [6.07, 6.45) is 8.76. The van der Waals surface area contributed by atoms with Gasteiger partial charge in [0.15, 0.2) is 0 Å². The highest BCUT2D eigenvalue weighted by Crippen LogP contribution is 2.36. The number of unbranched alkanes of at least 4 members (excludes halogenated alkanes) is 3. The highest BCUT2D eigenvalue weighted by atomic mass is 19.1. The van der Waals surface area contributed by atoms with Gasteiger partial charge in [0.1, 0.15) is 5.82 Å². The lowest BCUT2D eigenvalue weighted by Crippen LogP contribution is -2.14. The quantitative estimate of drug-likeness (QED) is 0.410. The smallest absolute Gasteiger partial charge is 0.134 e. The summed E-state index contributed by atoms with van der Waals surface area (Å²) in [7, 11) is 0. The number of halogens is 1. The van der Waals surface area contributed by atoms with Crippen LogP contribution < -0.4 is 0 Å². The lowest BCUT2D eigenvalue weighted by Gasteiger charge is -2.26. The molecule has 0 saturated heterocycles. The maximum Gasteiger partial charge on any atom is 0.134 e. The van der Waals surface area contributed by atoms with E-state index in [0.29, 0.717) is 5.56 Å². The molecule has 0 aromatic heterocycles. The van der Waals surface area contributed by atoms with Gasteiger partial charge in [-0.1, -0.05) is 62.6 Å².